The highest BCUT2D eigenvalue weighted by molar-refractivity contribution is 5.94. The van der Waals surface area contributed by atoms with E-state index in [1.807, 2.05) is 37.2 Å². The van der Waals surface area contributed by atoms with Gasteiger partial charge in [-0.15, -0.1) is 0 Å². The molecule has 1 aliphatic heterocycles. The number of likely N-dealkylation sites (tertiary alicyclic amines) is 1. The van der Waals surface area contributed by atoms with Gasteiger partial charge in [-0.25, -0.2) is 0 Å². The molecule has 1 saturated heterocycles. The summed E-state index contributed by atoms with van der Waals surface area (Å²) in [6.07, 6.45) is 4.70. The van der Waals surface area contributed by atoms with Gasteiger partial charge in [0.05, 0.1) is 0 Å². The molecule has 4 rings (SSSR count). The van der Waals surface area contributed by atoms with Crippen LogP contribution in [0.1, 0.15) is 41.8 Å². The van der Waals surface area contributed by atoms with E-state index in [0.717, 1.165) is 43.9 Å². The first-order valence-electron chi connectivity index (χ1n) is 12.3. The van der Waals surface area contributed by atoms with Crippen molar-refractivity contribution < 1.29 is 4.79 Å². The second-order valence-corrected chi connectivity index (χ2v) is 9.80. The number of nitrogens with two attached hydrogens (primary N) is 1. The van der Waals surface area contributed by atoms with Gasteiger partial charge in [0.25, 0.3) is 0 Å². The molecule has 36 heavy (non-hydrogen) atoms. The van der Waals surface area contributed by atoms with E-state index in [1.54, 1.807) is 18.3 Å². The smallest absolute Gasteiger partial charge is 0.248 e. The highest BCUT2D eigenvalue weighted by Crippen LogP contribution is 2.23. The van der Waals surface area contributed by atoms with Crippen molar-refractivity contribution >= 4 is 29.4 Å². The number of carbonyl (C=O) groups excluding carboxylic acids is 1. The molecular formula is C26H35N9O. The summed E-state index contributed by atoms with van der Waals surface area (Å²) >= 11 is 0. The zero-order chi connectivity index (χ0) is 25.7. The Morgan fingerprint density at radius 2 is 2.03 bits per heavy atom. The quantitative estimate of drug-likeness (QED) is 0.394. The first kappa shape index (κ1) is 25.3. The van der Waals surface area contributed by atoms with Gasteiger partial charge in [-0.05, 0) is 48.6 Å². The predicted octanol–water partition coefficient (Wildman–Crippen LogP) is 3.20. The highest BCUT2D eigenvalue weighted by Gasteiger charge is 2.24. The summed E-state index contributed by atoms with van der Waals surface area (Å²) in [6, 6.07) is 9.58. The molecule has 1 fully saturated rings. The van der Waals surface area contributed by atoms with Crippen LogP contribution in [0.2, 0.25) is 0 Å². The molecule has 1 aliphatic rings. The van der Waals surface area contributed by atoms with E-state index in [4.69, 9.17) is 10.7 Å². The van der Waals surface area contributed by atoms with Crippen LogP contribution < -0.4 is 21.3 Å². The molecule has 0 unspecified atom stereocenters. The molecule has 0 aliphatic carbocycles. The first-order chi connectivity index (χ1) is 17.3. The summed E-state index contributed by atoms with van der Waals surface area (Å²) in [7, 11) is 1.98. The van der Waals surface area contributed by atoms with Crippen molar-refractivity contribution in [3.8, 4) is 0 Å². The molecule has 0 spiro atoms. The number of amides is 1. The Kier molecular flexibility index (Phi) is 7.94. The van der Waals surface area contributed by atoms with E-state index in [-0.39, 0.29) is 6.04 Å². The lowest BCUT2D eigenvalue weighted by molar-refractivity contribution is 0.100. The zero-order valence-corrected chi connectivity index (χ0v) is 21.4. The molecule has 190 valence electrons. The maximum Gasteiger partial charge on any atom is 0.248 e. The lowest BCUT2D eigenvalue weighted by Crippen LogP contribution is -2.28. The number of aryl methyl sites for hydroxylation is 1. The second kappa shape index (κ2) is 11.3. The van der Waals surface area contributed by atoms with Crippen LogP contribution in [-0.2, 0) is 6.54 Å². The molecule has 10 heteroatoms. The summed E-state index contributed by atoms with van der Waals surface area (Å²) in [6.45, 7) is 9.82. The first-order valence-corrected chi connectivity index (χ1v) is 12.3. The Bertz CT molecular complexity index is 1190. The number of primary amides is 1. The van der Waals surface area contributed by atoms with Crippen LogP contribution in [0.15, 0.2) is 42.7 Å². The highest BCUT2D eigenvalue weighted by atomic mass is 16.1. The van der Waals surface area contributed by atoms with E-state index in [1.165, 1.54) is 5.56 Å². The van der Waals surface area contributed by atoms with E-state index >= 15 is 0 Å². The number of hydrogen-bond acceptors (Lipinski definition) is 9. The SMILES string of the molecule is Cc1ccc(C(N)=O)cc1Nc1nc(N[C@@H]2CCN(Cc3cccnc3)C2)nc(N(C)CC(C)C)n1. The third kappa shape index (κ3) is 6.66. The third-order valence-corrected chi connectivity index (χ3v) is 6.11. The number of nitrogens with one attached hydrogen (secondary N) is 2. The standard InChI is InChI=1S/C26H35N9O/c1-17(2)14-34(4)26-32-24(29-21-9-11-35(16-21)15-19-6-5-10-28-13-19)31-25(33-26)30-22-12-20(23(27)36)8-7-18(22)3/h5-8,10,12-13,17,21H,9,11,14-16H2,1-4H3,(H2,27,36)(H2,29,30,31,32,33)/t21-/m1/s1. The normalized spacial score (nSPS) is 15.8. The van der Waals surface area contributed by atoms with Gasteiger partial charge in [-0.2, -0.15) is 15.0 Å². The van der Waals surface area contributed by atoms with Crippen molar-refractivity contribution in [2.24, 2.45) is 11.7 Å². The fraction of sp³-hybridized carbons (Fsp3) is 0.423. The monoisotopic (exact) mass is 489 g/mol. The molecule has 0 bridgehead atoms. The van der Waals surface area contributed by atoms with E-state index in [9.17, 15) is 4.79 Å². The minimum atomic E-state index is -0.481. The maximum absolute atomic E-state index is 11.7. The van der Waals surface area contributed by atoms with Gasteiger partial charge >= 0.3 is 0 Å². The number of rotatable bonds is 10. The van der Waals surface area contributed by atoms with Crippen molar-refractivity contribution in [3.63, 3.8) is 0 Å². The Balaban J connectivity index is 1.53. The van der Waals surface area contributed by atoms with Crippen LogP contribution in [0.5, 0.6) is 0 Å². The lowest BCUT2D eigenvalue weighted by Gasteiger charge is -2.22. The molecule has 1 amide bonds. The molecular weight excluding hydrogens is 454 g/mol. The van der Waals surface area contributed by atoms with Crippen LogP contribution in [0.25, 0.3) is 0 Å². The van der Waals surface area contributed by atoms with E-state index in [0.29, 0.717) is 29.3 Å². The molecule has 2 aromatic heterocycles. The van der Waals surface area contributed by atoms with Crippen molar-refractivity contribution in [3.05, 3.63) is 59.4 Å². The van der Waals surface area contributed by atoms with Crippen LogP contribution in [0.3, 0.4) is 0 Å². The number of carbonyl (C=O) groups is 1. The number of aromatic nitrogens is 4. The predicted molar refractivity (Wildman–Crippen MR) is 142 cm³/mol. The molecule has 1 aromatic carbocycles. The minimum Gasteiger partial charge on any atom is -0.366 e. The molecule has 3 heterocycles. The number of nitrogens with zero attached hydrogens (tertiary/aromatic N) is 6. The van der Waals surface area contributed by atoms with Crippen molar-refractivity contribution in [1.82, 2.24) is 24.8 Å². The molecule has 0 saturated carbocycles. The minimum absolute atomic E-state index is 0.222. The summed E-state index contributed by atoms with van der Waals surface area (Å²) in [5.41, 5.74) is 8.79. The fourth-order valence-corrected chi connectivity index (χ4v) is 4.34. The number of benzene rings is 1. The Labute approximate surface area is 212 Å². The largest absolute Gasteiger partial charge is 0.366 e. The Morgan fingerprint density at radius 1 is 1.22 bits per heavy atom. The number of hydrogen-bond donors (Lipinski definition) is 3. The van der Waals surface area contributed by atoms with Crippen LogP contribution in [0.4, 0.5) is 23.5 Å². The molecule has 0 radical (unpaired) electrons. The Morgan fingerprint density at radius 3 is 2.75 bits per heavy atom. The average molecular weight is 490 g/mol. The number of pyridine rings is 1. The van der Waals surface area contributed by atoms with Gasteiger partial charge in [-0.1, -0.05) is 26.0 Å². The van der Waals surface area contributed by atoms with Crippen LogP contribution in [0, 0.1) is 12.8 Å². The van der Waals surface area contributed by atoms with E-state index < -0.39 is 5.91 Å². The topological polar surface area (TPSA) is 125 Å². The molecule has 10 nitrogen and oxygen atoms in total. The van der Waals surface area contributed by atoms with Gasteiger partial charge in [0.2, 0.25) is 23.8 Å². The fourth-order valence-electron chi connectivity index (χ4n) is 4.34. The van der Waals surface area contributed by atoms with Gasteiger partial charge in [0, 0.05) is 62.9 Å². The summed E-state index contributed by atoms with van der Waals surface area (Å²) < 4.78 is 0. The summed E-state index contributed by atoms with van der Waals surface area (Å²) in [5.74, 6) is 1.48. The summed E-state index contributed by atoms with van der Waals surface area (Å²) in [5, 5.41) is 6.78. The molecule has 3 aromatic rings. The Hall–Kier alpha value is -3.79. The maximum atomic E-state index is 11.7. The summed E-state index contributed by atoms with van der Waals surface area (Å²) in [4.78, 5) is 34.4. The van der Waals surface area contributed by atoms with Crippen molar-refractivity contribution in [1.29, 1.82) is 0 Å². The average Bonchev–Trinajstić information content (AvgIpc) is 3.27. The van der Waals surface area contributed by atoms with Gasteiger partial charge in [-0.3, -0.25) is 14.7 Å². The van der Waals surface area contributed by atoms with Gasteiger partial charge < -0.3 is 21.3 Å². The van der Waals surface area contributed by atoms with Crippen molar-refractivity contribution in [2.75, 3.05) is 42.2 Å². The third-order valence-electron chi connectivity index (χ3n) is 6.11. The van der Waals surface area contributed by atoms with Gasteiger partial charge in [0.15, 0.2) is 0 Å². The lowest BCUT2D eigenvalue weighted by atomic mass is 10.1. The molecule has 4 N–H and O–H groups in total. The second-order valence-electron chi connectivity index (χ2n) is 9.80. The zero-order valence-electron chi connectivity index (χ0n) is 21.4. The van der Waals surface area contributed by atoms with Crippen LogP contribution >= 0.6 is 0 Å². The molecule has 1 atom stereocenters. The van der Waals surface area contributed by atoms with Crippen molar-refractivity contribution in [2.45, 2.75) is 39.8 Å². The number of anilines is 4. The van der Waals surface area contributed by atoms with E-state index in [2.05, 4.69) is 50.4 Å². The van der Waals surface area contributed by atoms with Gasteiger partial charge in [0.1, 0.15) is 0 Å². The van der Waals surface area contributed by atoms with Crippen LogP contribution in [-0.4, -0.2) is 63.5 Å².